The summed E-state index contributed by atoms with van der Waals surface area (Å²) < 4.78 is 10.7. The first-order chi connectivity index (χ1) is 15.6. The van der Waals surface area contributed by atoms with Crippen molar-refractivity contribution in [3.8, 4) is 28.8 Å². The van der Waals surface area contributed by atoms with Crippen molar-refractivity contribution in [1.82, 2.24) is 4.98 Å². The van der Waals surface area contributed by atoms with Crippen molar-refractivity contribution in [1.29, 1.82) is 5.26 Å². The normalized spacial score (nSPS) is 10.4. The van der Waals surface area contributed by atoms with E-state index in [1.807, 2.05) is 54.6 Å². The second-order valence-corrected chi connectivity index (χ2v) is 7.13. The number of fused-ring (bicyclic) bond motifs is 1. The second kappa shape index (κ2) is 9.19. The third-order valence-electron chi connectivity index (χ3n) is 5.14. The summed E-state index contributed by atoms with van der Waals surface area (Å²) in [5.74, 6) is 0.969. The summed E-state index contributed by atoms with van der Waals surface area (Å²) in [7, 11) is 3.16. The van der Waals surface area contributed by atoms with Crippen LogP contribution in [0.3, 0.4) is 0 Å². The van der Waals surface area contributed by atoms with E-state index in [0.29, 0.717) is 40.4 Å². The molecule has 1 heterocycles. The minimum Gasteiger partial charge on any atom is -0.493 e. The highest BCUT2D eigenvalue weighted by atomic mass is 16.5. The number of nitrogens with one attached hydrogen (secondary N) is 1. The number of carbonyl (C=O) groups is 1. The van der Waals surface area contributed by atoms with Crippen molar-refractivity contribution < 1.29 is 14.3 Å². The van der Waals surface area contributed by atoms with Crippen LogP contribution in [-0.2, 0) is 6.42 Å². The van der Waals surface area contributed by atoms with Crippen LogP contribution in [0.4, 0.5) is 5.69 Å². The van der Waals surface area contributed by atoms with Crippen molar-refractivity contribution in [2.75, 3.05) is 19.5 Å². The SMILES string of the molecule is COc1ccc(-c2cc(C(=O)Nc3ccc(CC#N)cc3)c3ccccc3n2)cc1OC. The maximum atomic E-state index is 13.2. The summed E-state index contributed by atoms with van der Waals surface area (Å²) >= 11 is 0. The number of ether oxygens (including phenoxy) is 2. The predicted molar refractivity (Wildman–Crippen MR) is 124 cm³/mol. The molecule has 32 heavy (non-hydrogen) atoms. The molecule has 1 amide bonds. The van der Waals surface area contributed by atoms with Gasteiger partial charge in [0.1, 0.15) is 0 Å². The highest BCUT2D eigenvalue weighted by Crippen LogP contribution is 2.33. The third-order valence-corrected chi connectivity index (χ3v) is 5.14. The number of rotatable bonds is 6. The van der Waals surface area contributed by atoms with Crippen LogP contribution in [0.1, 0.15) is 15.9 Å². The lowest BCUT2D eigenvalue weighted by Crippen LogP contribution is -2.13. The largest absolute Gasteiger partial charge is 0.493 e. The van der Waals surface area contributed by atoms with Crippen molar-refractivity contribution in [2.24, 2.45) is 0 Å². The van der Waals surface area contributed by atoms with Crippen LogP contribution < -0.4 is 14.8 Å². The zero-order valence-electron chi connectivity index (χ0n) is 17.8. The van der Waals surface area contributed by atoms with Crippen LogP contribution in [0.5, 0.6) is 11.5 Å². The monoisotopic (exact) mass is 423 g/mol. The molecule has 0 atom stereocenters. The number of carbonyl (C=O) groups excluding carboxylic acids is 1. The van der Waals surface area contributed by atoms with E-state index in [4.69, 9.17) is 19.7 Å². The maximum Gasteiger partial charge on any atom is 0.256 e. The van der Waals surface area contributed by atoms with E-state index in [0.717, 1.165) is 16.5 Å². The van der Waals surface area contributed by atoms with E-state index in [1.165, 1.54) is 0 Å². The van der Waals surface area contributed by atoms with Gasteiger partial charge in [-0.3, -0.25) is 4.79 Å². The van der Waals surface area contributed by atoms with Gasteiger partial charge in [-0.05, 0) is 48.0 Å². The molecule has 0 unspecified atom stereocenters. The number of amides is 1. The zero-order valence-corrected chi connectivity index (χ0v) is 17.8. The number of aromatic nitrogens is 1. The number of nitrogens with zero attached hydrogens (tertiary/aromatic N) is 2. The smallest absolute Gasteiger partial charge is 0.256 e. The van der Waals surface area contributed by atoms with E-state index in [2.05, 4.69) is 11.4 Å². The summed E-state index contributed by atoms with van der Waals surface area (Å²) in [6.07, 6.45) is 0.331. The third kappa shape index (κ3) is 4.23. The van der Waals surface area contributed by atoms with Gasteiger partial charge in [-0.25, -0.2) is 4.98 Å². The fourth-order valence-corrected chi connectivity index (χ4v) is 3.50. The molecule has 0 aliphatic heterocycles. The van der Waals surface area contributed by atoms with Gasteiger partial charge in [0, 0.05) is 16.6 Å². The fourth-order valence-electron chi connectivity index (χ4n) is 3.50. The van der Waals surface area contributed by atoms with Crippen molar-refractivity contribution in [2.45, 2.75) is 6.42 Å². The summed E-state index contributed by atoms with van der Waals surface area (Å²) in [6, 6.07) is 24.2. The molecule has 4 rings (SSSR count). The lowest BCUT2D eigenvalue weighted by Gasteiger charge is -2.13. The molecule has 0 saturated carbocycles. The van der Waals surface area contributed by atoms with E-state index in [1.54, 1.807) is 32.4 Å². The fraction of sp³-hybridized carbons (Fsp3) is 0.115. The Hall–Kier alpha value is -4.37. The molecule has 0 bridgehead atoms. The van der Waals surface area contributed by atoms with Crippen molar-refractivity contribution in [3.05, 3.63) is 83.9 Å². The minimum atomic E-state index is -0.238. The average molecular weight is 423 g/mol. The molecule has 0 aliphatic carbocycles. The number of pyridine rings is 1. The standard InChI is InChI=1S/C26H21N3O3/c1-31-24-12-9-18(15-25(24)32-2)23-16-21(20-5-3-4-6-22(20)29-23)26(30)28-19-10-7-17(8-11-19)13-14-27/h3-12,15-16H,13H2,1-2H3,(H,28,30). The van der Waals surface area contributed by atoms with E-state index >= 15 is 0 Å². The summed E-state index contributed by atoms with van der Waals surface area (Å²) in [4.78, 5) is 18.0. The Labute approximate surface area is 186 Å². The number of para-hydroxylation sites is 1. The quantitative estimate of drug-likeness (QED) is 0.459. The predicted octanol–water partition coefficient (Wildman–Crippen LogP) is 5.24. The van der Waals surface area contributed by atoms with Crippen LogP contribution >= 0.6 is 0 Å². The topological polar surface area (TPSA) is 84.2 Å². The Morgan fingerprint density at radius 2 is 1.72 bits per heavy atom. The lowest BCUT2D eigenvalue weighted by molar-refractivity contribution is 0.102. The molecule has 0 fully saturated rings. The number of hydrogen-bond donors (Lipinski definition) is 1. The van der Waals surface area contributed by atoms with Gasteiger partial charge in [-0.1, -0.05) is 30.3 Å². The maximum absolute atomic E-state index is 13.2. The van der Waals surface area contributed by atoms with Crippen LogP contribution in [0.15, 0.2) is 72.8 Å². The van der Waals surface area contributed by atoms with E-state index < -0.39 is 0 Å². The molecule has 0 spiro atoms. The van der Waals surface area contributed by atoms with Crippen LogP contribution in [0, 0.1) is 11.3 Å². The lowest BCUT2D eigenvalue weighted by atomic mass is 10.0. The molecule has 158 valence electrons. The molecule has 0 aliphatic rings. The minimum absolute atomic E-state index is 0.238. The Kier molecular flexibility index (Phi) is 6.00. The Bertz CT molecular complexity index is 1320. The number of hydrogen-bond acceptors (Lipinski definition) is 5. The first kappa shape index (κ1) is 20.9. The molecule has 1 aromatic heterocycles. The van der Waals surface area contributed by atoms with E-state index in [-0.39, 0.29) is 5.91 Å². The van der Waals surface area contributed by atoms with Gasteiger partial charge in [0.25, 0.3) is 5.91 Å². The van der Waals surface area contributed by atoms with Gasteiger partial charge >= 0.3 is 0 Å². The van der Waals surface area contributed by atoms with Gasteiger partial charge in [-0.15, -0.1) is 0 Å². The summed E-state index contributed by atoms with van der Waals surface area (Å²) in [6.45, 7) is 0. The molecular formula is C26H21N3O3. The molecule has 1 N–H and O–H groups in total. The molecule has 3 aromatic carbocycles. The average Bonchev–Trinajstić information content (AvgIpc) is 2.84. The van der Waals surface area contributed by atoms with Crippen LogP contribution in [0.2, 0.25) is 0 Å². The highest BCUT2D eigenvalue weighted by Gasteiger charge is 2.15. The highest BCUT2D eigenvalue weighted by molar-refractivity contribution is 6.13. The van der Waals surface area contributed by atoms with Crippen molar-refractivity contribution >= 4 is 22.5 Å². The number of methoxy groups -OCH3 is 2. The summed E-state index contributed by atoms with van der Waals surface area (Å²) in [5, 5.41) is 12.5. The number of benzene rings is 3. The molecule has 6 nitrogen and oxygen atoms in total. The summed E-state index contributed by atoms with van der Waals surface area (Å²) in [5.41, 5.74) is 4.25. The number of anilines is 1. The van der Waals surface area contributed by atoms with Gasteiger partial charge in [0.2, 0.25) is 0 Å². The van der Waals surface area contributed by atoms with Gasteiger partial charge < -0.3 is 14.8 Å². The van der Waals surface area contributed by atoms with Gasteiger partial charge in [0.15, 0.2) is 11.5 Å². The molecule has 0 saturated heterocycles. The molecule has 0 radical (unpaired) electrons. The zero-order chi connectivity index (χ0) is 22.5. The molecule has 4 aromatic rings. The number of nitriles is 1. The van der Waals surface area contributed by atoms with Gasteiger partial charge in [0.05, 0.1) is 43.5 Å². The molecular weight excluding hydrogens is 402 g/mol. The first-order valence-electron chi connectivity index (χ1n) is 10.0. The second-order valence-electron chi connectivity index (χ2n) is 7.13. The van der Waals surface area contributed by atoms with E-state index in [9.17, 15) is 4.79 Å². The van der Waals surface area contributed by atoms with Crippen LogP contribution in [0.25, 0.3) is 22.2 Å². The first-order valence-corrected chi connectivity index (χ1v) is 10.0. The van der Waals surface area contributed by atoms with Gasteiger partial charge in [-0.2, -0.15) is 5.26 Å². The Balaban J connectivity index is 1.74. The van der Waals surface area contributed by atoms with Crippen LogP contribution in [-0.4, -0.2) is 25.1 Å². The Morgan fingerprint density at radius 1 is 0.969 bits per heavy atom. The Morgan fingerprint density at radius 3 is 2.44 bits per heavy atom. The molecule has 6 heteroatoms. The van der Waals surface area contributed by atoms with Crippen molar-refractivity contribution in [3.63, 3.8) is 0 Å².